The van der Waals surface area contributed by atoms with Gasteiger partial charge in [0.25, 0.3) is 5.69 Å². The quantitative estimate of drug-likeness (QED) is 0.644. The Labute approximate surface area is 118 Å². The van der Waals surface area contributed by atoms with Crippen molar-refractivity contribution in [2.24, 2.45) is 5.92 Å². The molecule has 1 N–H and O–H groups in total. The molecule has 0 fully saturated rings. The minimum Gasteiger partial charge on any atom is -0.374 e. The minimum atomic E-state index is -0.415. The molecule has 0 aliphatic carbocycles. The minimum absolute atomic E-state index is 0.0110. The molecule has 1 atom stereocenters. The topological polar surface area (TPSA) is 58.4 Å². The predicted molar refractivity (Wildman–Crippen MR) is 78.9 cm³/mol. The number of nitro groups is 1. The van der Waals surface area contributed by atoms with Crippen molar-refractivity contribution in [3.05, 3.63) is 33.3 Å². The van der Waals surface area contributed by atoms with Crippen molar-refractivity contribution >= 4 is 23.0 Å². The molecule has 0 saturated carbocycles. The van der Waals surface area contributed by atoms with Gasteiger partial charge in [0.2, 0.25) is 0 Å². The van der Waals surface area contributed by atoms with Crippen LogP contribution in [0, 0.1) is 16.0 Å². The van der Waals surface area contributed by atoms with Gasteiger partial charge in [0, 0.05) is 18.7 Å². The summed E-state index contributed by atoms with van der Waals surface area (Å²) in [6.45, 7) is 4.92. The van der Waals surface area contributed by atoms with Crippen LogP contribution in [-0.2, 0) is 0 Å². The first-order chi connectivity index (χ1) is 8.82. The Bertz CT molecular complexity index is 450. The standard InChI is InChI=1S/C13H20ClN3O2/c1-9(2)11(8-16(3)4)15-13-10(14)6-5-7-12(13)17(18)19/h5-7,9,11,15H,8H2,1-4H3. The molecule has 5 nitrogen and oxygen atoms in total. The molecule has 0 aromatic heterocycles. The maximum Gasteiger partial charge on any atom is 0.293 e. The number of nitrogens with zero attached hydrogens (tertiary/aromatic N) is 2. The number of likely N-dealkylation sites (N-methyl/N-ethyl adjacent to an activating group) is 1. The van der Waals surface area contributed by atoms with Crippen LogP contribution in [0.2, 0.25) is 5.02 Å². The van der Waals surface area contributed by atoms with Gasteiger partial charge in [-0.1, -0.05) is 31.5 Å². The molecule has 1 aromatic rings. The number of hydrogen-bond acceptors (Lipinski definition) is 4. The number of hydrogen-bond donors (Lipinski definition) is 1. The van der Waals surface area contributed by atoms with Crippen LogP contribution in [0.3, 0.4) is 0 Å². The SMILES string of the molecule is CC(C)C(CN(C)C)Nc1c(Cl)cccc1[N+](=O)[O-]. The summed E-state index contributed by atoms with van der Waals surface area (Å²) in [5.41, 5.74) is 0.409. The fourth-order valence-corrected chi connectivity index (χ4v) is 2.03. The zero-order valence-corrected chi connectivity index (χ0v) is 12.4. The highest BCUT2D eigenvalue weighted by atomic mass is 35.5. The van der Waals surface area contributed by atoms with Crippen molar-refractivity contribution < 1.29 is 4.92 Å². The number of nitrogens with one attached hydrogen (secondary N) is 1. The molecule has 0 amide bonds. The van der Waals surface area contributed by atoms with Gasteiger partial charge in [0.05, 0.1) is 9.95 Å². The second-order valence-corrected chi connectivity index (χ2v) is 5.56. The van der Waals surface area contributed by atoms with E-state index < -0.39 is 4.92 Å². The van der Waals surface area contributed by atoms with Crippen LogP contribution >= 0.6 is 11.6 Å². The Morgan fingerprint density at radius 2 is 2.05 bits per heavy atom. The van der Waals surface area contributed by atoms with Gasteiger partial charge in [-0.3, -0.25) is 10.1 Å². The molecule has 0 aliphatic heterocycles. The van der Waals surface area contributed by atoms with Crippen molar-refractivity contribution in [1.29, 1.82) is 0 Å². The second kappa shape index (κ2) is 6.73. The average Bonchev–Trinajstić information content (AvgIpc) is 2.29. The Morgan fingerprint density at radius 1 is 1.42 bits per heavy atom. The van der Waals surface area contributed by atoms with Crippen molar-refractivity contribution in [3.8, 4) is 0 Å². The van der Waals surface area contributed by atoms with Crippen LogP contribution in [-0.4, -0.2) is 36.5 Å². The fraction of sp³-hybridized carbons (Fsp3) is 0.538. The number of rotatable bonds is 6. The maximum atomic E-state index is 11.0. The van der Waals surface area contributed by atoms with Crippen molar-refractivity contribution in [1.82, 2.24) is 4.90 Å². The lowest BCUT2D eigenvalue weighted by Crippen LogP contribution is -2.36. The molecule has 0 radical (unpaired) electrons. The first kappa shape index (κ1) is 15.7. The van der Waals surface area contributed by atoms with Gasteiger partial charge in [-0.25, -0.2) is 0 Å². The smallest absolute Gasteiger partial charge is 0.293 e. The fourth-order valence-electron chi connectivity index (χ4n) is 1.81. The summed E-state index contributed by atoms with van der Waals surface area (Å²) in [6.07, 6.45) is 0. The summed E-state index contributed by atoms with van der Waals surface area (Å²) in [5.74, 6) is 0.332. The summed E-state index contributed by atoms with van der Waals surface area (Å²) >= 11 is 6.08. The normalized spacial score (nSPS) is 12.8. The molecular formula is C13H20ClN3O2. The van der Waals surface area contributed by atoms with E-state index in [4.69, 9.17) is 11.6 Å². The lowest BCUT2D eigenvalue weighted by Gasteiger charge is -2.26. The van der Waals surface area contributed by atoms with Gasteiger partial charge in [0.1, 0.15) is 5.69 Å². The third kappa shape index (κ3) is 4.36. The first-order valence-electron chi connectivity index (χ1n) is 6.17. The van der Waals surface area contributed by atoms with Crippen molar-refractivity contribution in [2.45, 2.75) is 19.9 Å². The highest BCUT2D eigenvalue weighted by molar-refractivity contribution is 6.33. The summed E-state index contributed by atoms with van der Waals surface area (Å²) in [4.78, 5) is 12.7. The molecule has 106 valence electrons. The Hall–Kier alpha value is -1.33. The average molecular weight is 286 g/mol. The van der Waals surface area contributed by atoms with E-state index in [-0.39, 0.29) is 11.7 Å². The number of benzene rings is 1. The monoisotopic (exact) mass is 285 g/mol. The molecule has 0 bridgehead atoms. The molecule has 1 unspecified atom stereocenters. The van der Waals surface area contributed by atoms with Gasteiger partial charge in [-0.15, -0.1) is 0 Å². The molecule has 0 spiro atoms. The zero-order valence-electron chi connectivity index (χ0n) is 11.7. The van der Waals surface area contributed by atoms with E-state index in [0.29, 0.717) is 16.6 Å². The highest BCUT2D eigenvalue weighted by Gasteiger charge is 2.22. The van der Waals surface area contributed by atoms with Crippen molar-refractivity contribution in [3.63, 3.8) is 0 Å². The van der Waals surface area contributed by atoms with Gasteiger partial charge in [0.15, 0.2) is 0 Å². The zero-order chi connectivity index (χ0) is 14.6. The highest BCUT2D eigenvalue weighted by Crippen LogP contribution is 2.33. The van der Waals surface area contributed by atoms with Gasteiger partial charge >= 0.3 is 0 Å². The number of anilines is 1. The predicted octanol–water partition coefficient (Wildman–Crippen LogP) is 3.25. The van der Waals surface area contributed by atoms with E-state index in [9.17, 15) is 10.1 Å². The van der Waals surface area contributed by atoms with E-state index in [0.717, 1.165) is 6.54 Å². The van der Waals surface area contributed by atoms with Gasteiger partial charge in [-0.2, -0.15) is 0 Å². The lowest BCUT2D eigenvalue weighted by molar-refractivity contribution is -0.384. The summed E-state index contributed by atoms with van der Waals surface area (Å²) in [7, 11) is 3.94. The van der Waals surface area contributed by atoms with E-state index in [1.807, 2.05) is 19.0 Å². The summed E-state index contributed by atoms with van der Waals surface area (Å²) in [5, 5.41) is 14.6. The molecule has 0 aliphatic rings. The van der Waals surface area contributed by atoms with E-state index in [2.05, 4.69) is 19.2 Å². The molecule has 19 heavy (non-hydrogen) atoms. The van der Waals surface area contributed by atoms with Gasteiger partial charge < -0.3 is 10.2 Å². The van der Waals surface area contributed by atoms with Crippen LogP contribution in [0.5, 0.6) is 0 Å². The van der Waals surface area contributed by atoms with Crippen LogP contribution in [0.15, 0.2) is 18.2 Å². The Balaban J connectivity index is 3.05. The third-order valence-electron chi connectivity index (χ3n) is 2.88. The van der Waals surface area contributed by atoms with Crippen LogP contribution in [0.25, 0.3) is 0 Å². The Morgan fingerprint density at radius 3 is 2.53 bits per heavy atom. The van der Waals surface area contributed by atoms with E-state index in [1.165, 1.54) is 6.07 Å². The molecule has 0 heterocycles. The molecule has 1 rings (SSSR count). The number of para-hydroxylation sites is 1. The summed E-state index contributed by atoms with van der Waals surface area (Å²) in [6, 6.07) is 4.79. The summed E-state index contributed by atoms with van der Waals surface area (Å²) < 4.78 is 0. The Kier molecular flexibility index (Phi) is 5.57. The van der Waals surface area contributed by atoms with Crippen LogP contribution in [0.4, 0.5) is 11.4 Å². The lowest BCUT2D eigenvalue weighted by atomic mass is 10.0. The third-order valence-corrected chi connectivity index (χ3v) is 3.20. The molecular weight excluding hydrogens is 266 g/mol. The van der Waals surface area contributed by atoms with Crippen LogP contribution < -0.4 is 5.32 Å². The maximum absolute atomic E-state index is 11.0. The number of halogens is 1. The molecule has 1 aromatic carbocycles. The number of nitro benzene ring substituents is 1. The largest absolute Gasteiger partial charge is 0.374 e. The van der Waals surface area contributed by atoms with Crippen molar-refractivity contribution in [2.75, 3.05) is 26.0 Å². The van der Waals surface area contributed by atoms with Crippen LogP contribution in [0.1, 0.15) is 13.8 Å². The first-order valence-corrected chi connectivity index (χ1v) is 6.55. The van der Waals surface area contributed by atoms with E-state index >= 15 is 0 Å². The second-order valence-electron chi connectivity index (χ2n) is 5.15. The van der Waals surface area contributed by atoms with Gasteiger partial charge in [-0.05, 0) is 26.1 Å². The molecule has 0 saturated heterocycles. The van der Waals surface area contributed by atoms with E-state index in [1.54, 1.807) is 12.1 Å². The molecule has 6 heteroatoms.